The molecule has 0 aliphatic carbocycles. The van der Waals surface area contributed by atoms with E-state index in [-0.39, 0.29) is 12.7 Å². The number of furan rings is 1. The Kier molecular flexibility index (Phi) is 5.43. The summed E-state index contributed by atoms with van der Waals surface area (Å²) in [6, 6.07) is 7.39. The van der Waals surface area contributed by atoms with Crippen molar-refractivity contribution in [1.29, 1.82) is 0 Å². The van der Waals surface area contributed by atoms with E-state index < -0.39 is 0 Å². The van der Waals surface area contributed by atoms with E-state index in [0.29, 0.717) is 38.5 Å². The van der Waals surface area contributed by atoms with Crippen LogP contribution < -0.4 is 14.8 Å². The average molecular weight is 449 g/mol. The smallest absolute Gasteiger partial charge is 0.289 e. The summed E-state index contributed by atoms with van der Waals surface area (Å²) in [7, 11) is 1.76. The van der Waals surface area contributed by atoms with Gasteiger partial charge in [0.15, 0.2) is 23.2 Å². The number of nitrogens with one attached hydrogen (secondary N) is 1. The largest absolute Gasteiger partial charge is 0.459 e. The van der Waals surface area contributed by atoms with Gasteiger partial charge in [-0.3, -0.25) is 9.79 Å². The van der Waals surface area contributed by atoms with Gasteiger partial charge >= 0.3 is 0 Å². The molecule has 0 atom stereocenters. The van der Waals surface area contributed by atoms with Crippen LogP contribution in [0.3, 0.4) is 0 Å². The van der Waals surface area contributed by atoms with Gasteiger partial charge in [-0.15, -0.1) is 0 Å². The first-order chi connectivity index (χ1) is 13.7. The van der Waals surface area contributed by atoms with Crippen LogP contribution in [0.4, 0.5) is 0 Å². The van der Waals surface area contributed by atoms with Crippen LogP contribution in [0.5, 0.6) is 11.5 Å². The summed E-state index contributed by atoms with van der Waals surface area (Å²) in [4.78, 5) is 20.7. The molecular weight excluding hydrogens is 428 g/mol. The third-order valence-corrected chi connectivity index (χ3v) is 5.34. The number of hydrogen-bond acceptors (Lipinski definition) is 5. The standard InChI is InChI=1S/C19H21BrN4O4/c1-21-19(22-11-13-9-14(20)17-16(10-13)27-12-28-17)24-6-4-23(5-7-24)18(25)15-3-2-8-26-15/h2-3,8-10H,4-7,11-12H2,1H3,(H,21,22). The van der Waals surface area contributed by atoms with E-state index in [1.807, 2.05) is 12.1 Å². The first-order valence-corrected chi connectivity index (χ1v) is 9.81. The molecule has 28 heavy (non-hydrogen) atoms. The van der Waals surface area contributed by atoms with Crippen LogP contribution >= 0.6 is 15.9 Å². The number of guanidine groups is 1. The van der Waals surface area contributed by atoms with Crippen LogP contribution in [0.15, 0.2) is 44.4 Å². The van der Waals surface area contributed by atoms with Gasteiger partial charge in [0, 0.05) is 39.8 Å². The molecule has 0 saturated carbocycles. The molecule has 0 unspecified atom stereocenters. The number of piperazine rings is 1. The summed E-state index contributed by atoms with van der Waals surface area (Å²) in [5, 5.41) is 3.38. The van der Waals surface area contributed by atoms with E-state index in [4.69, 9.17) is 13.9 Å². The van der Waals surface area contributed by atoms with Gasteiger partial charge in [-0.2, -0.15) is 0 Å². The number of nitrogens with zero attached hydrogens (tertiary/aromatic N) is 3. The summed E-state index contributed by atoms with van der Waals surface area (Å²) in [5.41, 5.74) is 1.06. The molecule has 9 heteroatoms. The van der Waals surface area contributed by atoms with Crippen molar-refractivity contribution >= 4 is 27.8 Å². The van der Waals surface area contributed by atoms with E-state index in [1.54, 1.807) is 24.1 Å². The molecule has 1 saturated heterocycles. The highest BCUT2D eigenvalue weighted by atomic mass is 79.9. The minimum Gasteiger partial charge on any atom is -0.459 e. The Morgan fingerprint density at radius 2 is 2.00 bits per heavy atom. The van der Waals surface area contributed by atoms with E-state index in [9.17, 15) is 4.79 Å². The molecule has 1 fully saturated rings. The molecule has 8 nitrogen and oxygen atoms in total. The van der Waals surface area contributed by atoms with Crippen LogP contribution in [-0.2, 0) is 6.54 Å². The van der Waals surface area contributed by atoms with Crippen molar-refractivity contribution in [3.63, 3.8) is 0 Å². The predicted molar refractivity (Wildman–Crippen MR) is 107 cm³/mol. The van der Waals surface area contributed by atoms with Crippen LogP contribution in [0.25, 0.3) is 0 Å². The number of aliphatic imine (C=N–C) groups is 1. The Bertz CT molecular complexity index is 876. The third-order valence-electron chi connectivity index (χ3n) is 4.75. The molecule has 2 aliphatic rings. The zero-order chi connectivity index (χ0) is 19.5. The Labute approximate surface area is 171 Å². The summed E-state index contributed by atoms with van der Waals surface area (Å²) < 4.78 is 17.0. The predicted octanol–water partition coefficient (Wildman–Crippen LogP) is 2.30. The van der Waals surface area contributed by atoms with Gasteiger partial charge in [-0.05, 0) is 45.8 Å². The number of rotatable bonds is 3. The molecule has 2 aliphatic heterocycles. The lowest BCUT2D eigenvalue weighted by molar-refractivity contribution is 0.0657. The summed E-state index contributed by atoms with van der Waals surface area (Å²) in [6.45, 7) is 3.50. The number of benzene rings is 1. The average Bonchev–Trinajstić information content (AvgIpc) is 3.40. The number of carbonyl (C=O) groups is 1. The second-order valence-corrected chi connectivity index (χ2v) is 7.32. The summed E-state index contributed by atoms with van der Waals surface area (Å²) in [5.74, 6) is 2.60. The zero-order valence-corrected chi connectivity index (χ0v) is 17.1. The van der Waals surface area contributed by atoms with E-state index in [0.717, 1.165) is 27.5 Å². The highest BCUT2D eigenvalue weighted by molar-refractivity contribution is 9.10. The topological polar surface area (TPSA) is 79.5 Å². The maximum Gasteiger partial charge on any atom is 0.289 e. The minimum atomic E-state index is -0.0715. The summed E-state index contributed by atoms with van der Waals surface area (Å²) in [6.07, 6.45) is 1.52. The lowest BCUT2D eigenvalue weighted by Crippen LogP contribution is -2.53. The molecule has 0 radical (unpaired) electrons. The van der Waals surface area contributed by atoms with Crippen LogP contribution in [0, 0.1) is 0 Å². The fraction of sp³-hybridized carbons (Fsp3) is 0.368. The van der Waals surface area contributed by atoms with Crippen molar-refractivity contribution in [2.75, 3.05) is 40.0 Å². The number of carbonyl (C=O) groups excluding carboxylic acids is 1. The van der Waals surface area contributed by atoms with Gasteiger partial charge in [-0.1, -0.05) is 0 Å². The second-order valence-electron chi connectivity index (χ2n) is 6.47. The molecule has 1 N–H and O–H groups in total. The Morgan fingerprint density at radius 3 is 2.71 bits per heavy atom. The van der Waals surface area contributed by atoms with Gasteiger partial charge in [0.25, 0.3) is 5.91 Å². The molecule has 1 aromatic heterocycles. The van der Waals surface area contributed by atoms with Crippen molar-refractivity contribution in [3.8, 4) is 11.5 Å². The molecule has 1 amide bonds. The zero-order valence-electron chi connectivity index (χ0n) is 15.5. The van der Waals surface area contributed by atoms with Gasteiger partial charge in [-0.25, -0.2) is 0 Å². The van der Waals surface area contributed by atoms with Crippen LogP contribution in [0.1, 0.15) is 16.1 Å². The fourth-order valence-corrected chi connectivity index (χ4v) is 3.92. The van der Waals surface area contributed by atoms with Gasteiger partial charge in [0.2, 0.25) is 6.79 Å². The second kappa shape index (κ2) is 8.14. The fourth-order valence-electron chi connectivity index (χ4n) is 3.31. The van der Waals surface area contributed by atoms with Gasteiger partial charge in [0.1, 0.15) is 0 Å². The lowest BCUT2D eigenvalue weighted by Gasteiger charge is -2.36. The van der Waals surface area contributed by atoms with Crippen LogP contribution in [-0.4, -0.2) is 61.7 Å². The molecule has 3 heterocycles. The molecule has 0 spiro atoms. The first kappa shape index (κ1) is 18.7. The van der Waals surface area contributed by atoms with Crippen molar-refractivity contribution in [1.82, 2.24) is 15.1 Å². The number of halogens is 1. The molecular formula is C19H21BrN4O4. The van der Waals surface area contributed by atoms with Crippen molar-refractivity contribution in [2.24, 2.45) is 4.99 Å². The first-order valence-electron chi connectivity index (χ1n) is 9.02. The van der Waals surface area contributed by atoms with Crippen LogP contribution in [0.2, 0.25) is 0 Å². The van der Waals surface area contributed by atoms with E-state index >= 15 is 0 Å². The minimum absolute atomic E-state index is 0.0715. The Morgan fingerprint density at radius 1 is 1.21 bits per heavy atom. The van der Waals surface area contributed by atoms with E-state index in [2.05, 4.69) is 31.1 Å². The van der Waals surface area contributed by atoms with Crippen molar-refractivity contribution in [2.45, 2.75) is 6.54 Å². The van der Waals surface area contributed by atoms with E-state index in [1.165, 1.54) is 6.26 Å². The number of fused-ring (bicyclic) bond motifs is 1. The maximum atomic E-state index is 12.4. The third kappa shape index (κ3) is 3.80. The molecule has 1 aromatic carbocycles. The number of ether oxygens (including phenoxy) is 2. The van der Waals surface area contributed by atoms with Crippen molar-refractivity contribution in [3.05, 3.63) is 46.3 Å². The monoisotopic (exact) mass is 448 g/mol. The molecule has 148 valence electrons. The SMILES string of the molecule is CN=C(NCc1cc(Br)c2c(c1)OCO2)N1CCN(C(=O)c2ccco2)CC1. The molecule has 0 bridgehead atoms. The highest BCUT2D eigenvalue weighted by Gasteiger charge is 2.25. The summed E-state index contributed by atoms with van der Waals surface area (Å²) >= 11 is 3.52. The maximum absolute atomic E-state index is 12.4. The quantitative estimate of drug-likeness (QED) is 0.573. The molecule has 4 rings (SSSR count). The number of hydrogen-bond donors (Lipinski definition) is 1. The number of amides is 1. The van der Waals surface area contributed by atoms with Crippen molar-refractivity contribution < 1.29 is 18.7 Å². The normalized spacial score (nSPS) is 16.4. The Hall–Kier alpha value is -2.68. The van der Waals surface area contributed by atoms with Gasteiger partial charge in [0.05, 0.1) is 10.7 Å². The Balaban J connectivity index is 1.33. The lowest BCUT2D eigenvalue weighted by atomic mass is 10.2. The van der Waals surface area contributed by atoms with Gasteiger partial charge < -0.3 is 29.0 Å². The highest BCUT2D eigenvalue weighted by Crippen LogP contribution is 2.39. The molecule has 2 aromatic rings.